The lowest BCUT2D eigenvalue weighted by atomic mass is 10.1. The number of carboxylic acids is 1. The molecule has 2 N–H and O–H groups in total. The van der Waals surface area contributed by atoms with Gasteiger partial charge in [-0.2, -0.15) is 0 Å². The molecular formula is C15H26N2O4. The van der Waals surface area contributed by atoms with Crippen LogP contribution in [0.2, 0.25) is 0 Å². The summed E-state index contributed by atoms with van der Waals surface area (Å²) >= 11 is 0. The second-order valence-corrected chi connectivity index (χ2v) is 5.49. The molecule has 6 nitrogen and oxygen atoms in total. The summed E-state index contributed by atoms with van der Waals surface area (Å²) in [6.07, 6.45) is 5.29. The standard InChI is InChI=1S/C15H26N2O4/c1-2-7-13(18)17-11-6-8-12(17)15(21)16-10-5-3-4-9-14(19)20/h12H,2-11H2,1H3,(H,16,21)(H,19,20). The number of nitrogens with zero attached hydrogens (tertiary/aromatic N) is 1. The summed E-state index contributed by atoms with van der Waals surface area (Å²) in [5, 5.41) is 11.4. The van der Waals surface area contributed by atoms with Crippen LogP contribution in [0.3, 0.4) is 0 Å². The van der Waals surface area contributed by atoms with Crippen LogP contribution in [-0.4, -0.2) is 46.9 Å². The maximum atomic E-state index is 12.1. The van der Waals surface area contributed by atoms with E-state index in [9.17, 15) is 14.4 Å². The van der Waals surface area contributed by atoms with E-state index in [2.05, 4.69) is 5.32 Å². The Hall–Kier alpha value is -1.59. The van der Waals surface area contributed by atoms with Gasteiger partial charge in [0.25, 0.3) is 0 Å². The number of hydrogen-bond acceptors (Lipinski definition) is 3. The van der Waals surface area contributed by atoms with Gasteiger partial charge in [0.05, 0.1) is 0 Å². The third-order valence-corrected chi connectivity index (χ3v) is 3.71. The minimum absolute atomic E-state index is 0.0663. The Labute approximate surface area is 125 Å². The molecule has 0 saturated carbocycles. The molecule has 0 aromatic rings. The van der Waals surface area contributed by atoms with Crippen molar-refractivity contribution in [2.75, 3.05) is 13.1 Å². The molecule has 0 spiro atoms. The van der Waals surface area contributed by atoms with E-state index in [1.807, 2.05) is 6.92 Å². The van der Waals surface area contributed by atoms with E-state index in [1.165, 1.54) is 0 Å². The Bertz CT molecular complexity index is 371. The van der Waals surface area contributed by atoms with Gasteiger partial charge in [0.1, 0.15) is 6.04 Å². The highest BCUT2D eigenvalue weighted by Crippen LogP contribution is 2.18. The molecule has 1 aliphatic rings. The lowest BCUT2D eigenvalue weighted by molar-refractivity contribution is -0.138. The Morgan fingerprint density at radius 2 is 1.95 bits per heavy atom. The van der Waals surface area contributed by atoms with Gasteiger partial charge in [-0.1, -0.05) is 13.3 Å². The number of hydrogen-bond donors (Lipinski definition) is 2. The molecule has 0 aromatic carbocycles. The first-order chi connectivity index (χ1) is 10.1. The molecule has 2 amide bonds. The summed E-state index contributed by atoms with van der Waals surface area (Å²) in [5.74, 6) is -0.790. The maximum Gasteiger partial charge on any atom is 0.303 e. The third kappa shape index (κ3) is 6.14. The fourth-order valence-electron chi connectivity index (χ4n) is 2.60. The van der Waals surface area contributed by atoms with Crippen molar-refractivity contribution in [1.29, 1.82) is 0 Å². The van der Waals surface area contributed by atoms with Crippen LogP contribution in [0.1, 0.15) is 58.3 Å². The molecule has 0 aromatic heterocycles. The fourth-order valence-corrected chi connectivity index (χ4v) is 2.60. The second kappa shape index (κ2) is 9.37. The number of amides is 2. The zero-order valence-corrected chi connectivity index (χ0v) is 12.8. The van der Waals surface area contributed by atoms with Crippen LogP contribution in [0.25, 0.3) is 0 Å². The molecule has 0 bridgehead atoms. The lowest BCUT2D eigenvalue weighted by Gasteiger charge is -2.23. The van der Waals surface area contributed by atoms with Gasteiger partial charge in [-0.25, -0.2) is 0 Å². The van der Waals surface area contributed by atoms with E-state index in [0.29, 0.717) is 25.9 Å². The number of carboxylic acid groups (broad SMARTS) is 1. The Kier molecular flexibility index (Phi) is 7.79. The van der Waals surface area contributed by atoms with Gasteiger partial charge in [0, 0.05) is 25.9 Å². The predicted octanol–water partition coefficient (Wildman–Crippen LogP) is 1.54. The number of unbranched alkanes of at least 4 members (excludes halogenated alkanes) is 2. The molecule has 1 fully saturated rings. The highest BCUT2D eigenvalue weighted by atomic mass is 16.4. The summed E-state index contributed by atoms with van der Waals surface area (Å²) < 4.78 is 0. The molecule has 1 aliphatic heterocycles. The predicted molar refractivity (Wildman–Crippen MR) is 78.8 cm³/mol. The highest BCUT2D eigenvalue weighted by molar-refractivity contribution is 5.88. The van der Waals surface area contributed by atoms with Crippen molar-refractivity contribution in [3.8, 4) is 0 Å². The number of aliphatic carboxylic acids is 1. The number of carbonyl (C=O) groups is 3. The summed E-state index contributed by atoms with van der Waals surface area (Å²) in [6.45, 7) is 3.18. The van der Waals surface area contributed by atoms with Crippen molar-refractivity contribution < 1.29 is 19.5 Å². The molecule has 1 rings (SSSR count). The first-order valence-corrected chi connectivity index (χ1v) is 7.85. The van der Waals surface area contributed by atoms with E-state index < -0.39 is 5.97 Å². The van der Waals surface area contributed by atoms with E-state index >= 15 is 0 Å². The van der Waals surface area contributed by atoms with Crippen LogP contribution >= 0.6 is 0 Å². The van der Waals surface area contributed by atoms with E-state index in [4.69, 9.17) is 5.11 Å². The van der Waals surface area contributed by atoms with E-state index in [-0.39, 0.29) is 24.3 Å². The Morgan fingerprint density at radius 3 is 2.62 bits per heavy atom. The molecule has 21 heavy (non-hydrogen) atoms. The molecule has 0 aliphatic carbocycles. The number of rotatable bonds is 9. The minimum atomic E-state index is -0.782. The van der Waals surface area contributed by atoms with Gasteiger partial charge in [-0.05, 0) is 32.1 Å². The molecule has 120 valence electrons. The molecule has 1 atom stereocenters. The highest BCUT2D eigenvalue weighted by Gasteiger charge is 2.33. The van der Waals surface area contributed by atoms with Gasteiger partial charge < -0.3 is 15.3 Å². The number of nitrogens with one attached hydrogen (secondary N) is 1. The van der Waals surface area contributed by atoms with Crippen LogP contribution in [0, 0.1) is 0 Å². The quantitative estimate of drug-likeness (QED) is 0.632. The minimum Gasteiger partial charge on any atom is -0.481 e. The van der Waals surface area contributed by atoms with Crippen molar-refractivity contribution >= 4 is 17.8 Å². The summed E-state index contributed by atoms with van der Waals surface area (Å²) in [5.41, 5.74) is 0. The average Bonchev–Trinajstić information content (AvgIpc) is 2.91. The van der Waals surface area contributed by atoms with Crippen molar-refractivity contribution in [2.45, 2.75) is 64.3 Å². The first kappa shape index (κ1) is 17.5. The number of likely N-dealkylation sites (tertiary alicyclic amines) is 1. The first-order valence-electron chi connectivity index (χ1n) is 7.85. The molecule has 6 heteroatoms. The van der Waals surface area contributed by atoms with Crippen molar-refractivity contribution in [3.05, 3.63) is 0 Å². The Balaban J connectivity index is 2.24. The van der Waals surface area contributed by atoms with E-state index in [0.717, 1.165) is 32.1 Å². The summed E-state index contributed by atoms with van der Waals surface area (Å²) in [4.78, 5) is 36.1. The average molecular weight is 298 g/mol. The molecule has 1 saturated heterocycles. The van der Waals surface area contributed by atoms with Crippen LogP contribution in [0.15, 0.2) is 0 Å². The normalized spacial score (nSPS) is 17.8. The zero-order valence-electron chi connectivity index (χ0n) is 12.8. The van der Waals surface area contributed by atoms with Crippen molar-refractivity contribution in [2.24, 2.45) is 0 Å². The van der Waals surface area contributed by atoms with Crippen LogP contribution in [-0.2, 0) is 14.4 Å². The summed E-state index contributed by atoms with van der Waals surface area (Å²) in [6, 6.07) is -0.317. The second-order valence-electron chi connectivity index (χ2n) is 5.49. The molecule has 1 unspecified atom stereocenters. The smallest absolute Gasteiger partial charge is 0.303 e. The topological polar surface area (TPSA) is 86.7 Å². The SMILES string of the molecule is CCCC(=O)N1CCCC1C(=O)NCCCCCC(=O)O. The van der Waals surface area contributed by atoms with Crippen molar-refractivity contribution in [3.63, 3.8) is 0 Å². The van der Waals surface area contributed by atoms with Crippen LogP contribution in [0.4, 0.5) is 0 Å². The largest absolute Gasteiger partial charge is 0.481 e. The molecule has 0 radical (unpaired) electrons. The van der Waals surface area contributed by atoms with Gasteiger partial charge >= 0.3 is 5.97 Å². The monoisotopic (exact) mass is 298 g/mol. The van der Waals surface area contributed by atoms with Gasteiger partial charge in [0.15, 0.2) is 0 Å². The third-order valence-electron chi connectivity index (χ3n) is 3.71. The van der Waals surface area contributed by atoms with Crippen LogP contribution in [0.5, 0.6) is 0 Å². The molecular weight excluding hydrogens is 272 g/mol. The Morgan fingerprint density at radius 1 is 1.19 bits per heavy atom. The zero-order chi connectivity index (χ0) is 15.7. The van der Waals surface area contributed by atoms with Gasteiger partial charge in [0.2, 0.25) is 11.8 Å². The maximum absolute atomic E-state index is 12.1. The fraction of sp³-hybridized carbons (Fsp3) is 0.800. The van der Waals surface area contributed by atoms with Crippen molar-refractivity contribution in [1.82, 2.24) is 10.2 Å². The number of carbonyl (C=O) groups excluding carboxylic acids is 2. The van der Waals surface area contributed by atoms with Gasteiger partial charge in [-0.15, -0.1) is 0 Å². The lowest BCUT2D eigenvalue weighted by Crippen LogP contribution is -2.46. The van der Waals surface area contributed by atoms with Gasteiger partial charge in [-0.3, -0.25) is 14.4 Å². The van der Waals surface area contributed by atoms with Crippen LogP contribution < -0.4 is 5.32 Å². The van der Waals surface area contributed by atoms with E-state index in [1.54, 1.807) is 4.90 Å². The summed E-state index contributed by atoms with van der Waals surface area (Å²) in [7, 11) is 0. The molecule has 1 heterocycles.